The van der Waals surface area contributed by atoms with E-state index in [0.717, 1.165) is 0 Å². The lowest BCUT2D eigenvalue weighted by Crippen LogP contribution is -2.48. The number of ether oxygens (including phenoxy) is 1. The number of carbonyl (C=O) groups is 2. The molecule has 0 aliphatic carbocycles. The molecule has 2 aromatic carbocycles. The molecular formula is C22H25Cl2FN2O3. The monoisotopic (exact) mass is 454 g/mol. The van der Waals surface area contributed by atoms with Gasteiger partial charge in [-0.3, -0.25) is 9.59 Å². The largest absolute Gasteiger partial charge is 0.494 e. The van der Waals surface area contributed by atoms with Crippen molar-refractivity contribution in [3.05, 3.63) is 63.4 Å². The van der Waals surface area contributed by atoms with Crippen molar-refractivity contribution in [2.24, 2.45) is 5.92 Å². The predicted octanol–water partition coefficient (Wildman–Crippen LogP) is 5.16. The Balaban J connectivity index is 2.14. The maximum atomic E-state index is 14.0. The Morgan fingerprint density at radius 2 is 1.77 bits per heavy atom. The highest BCUT2D eigenvalue weighted by Crippen LogP contribution is 2.23. The van der Waals surface area contributed by atoms with Gasteiger partial charge in [-0.1, -0.05) is 43.1 Å². The van der Waals surface area contributed by atoms with Gasteiger partial charge in [-0.05, 0) is 55.2 Å². The number of amides is 2. The number of hydrogen-bond donors (Lipinski definition) is 2. The number of halogens is 3. The normalized spacial score (nSPS) is 12.9. The Morgan fingerprint density at radius 1 is 1.07 bits per heavy atom. The molecule has 0 saturated carbocycles. The van der Waals surface area contributed by atoms with Crippen molar-refractivity contribution in [2.75, 3.05) is 7.11 Å². The number of rotatable bonds is 8. The SMILES string of the molecule is COc1ccc(C(C)NC(=O)C(CC(C)C)NC(=O)c2ccc(Cl)cc2Cl)cc1F. The second kappa shape index (κ2) is 10.6. The Bertz CT molecular complexity index is 921. The summed E-state index contributed by atoms with van der Waals surface area (Å²) in [5.74, 6) is -1.08. The zero-order chi connectivity index (χ0) is 22.4. The summed E-state index contributed by atoms with van der Waals surface area (Å²) in [6, 6.07) is 7.77. The molecular weight excluding hydrogens is 430 g/mol. The van der Waals surface area contributed by atoms with Crippen LogP contribution in [0.1, 0.15) is 49.2 Å². The quantitative estimate of drug-likeness (QED) is 0.578. The molecule has 2 amide bonds. The number of methoxy groups -OCH3 is 1. The summed E-state index contributed by atoms with van der Waals surface area (Å²) in [5, 5.41) is 6.18. The van der Waals surface area contributed by atoms with Crippen LogP contribution < -0.4 is 15.4 Å². The average Bonchev–Trinajstić information content (AvgIpc) is 2.66. The number of benzene rings is 2. The molecule has 2 atom stereocenters. The third kappa shape index (κ3) is 6.34. The van der Waals surface area contributed by atoms with E-state index in [0.29, 0.717) is 17.0 Å². The molecule has 0 saturated heterocycles. The van der Waals surface area contributed by atoms with E-state index < -0.39 is 23.8 Å². The first-order valence-electron chi connectivity index (χ1n) is 9.52. The van der Waals surface area contributed by atoms with Crippen molar-refractivity contribution in [1.29, 1.82) is 0 Å². The second-order valence-corrected chi connectivity index (χ2v) is 8.25. The van der Waals surface area contributed by atoms with E-state index in [-0.39, 0.29) is 28.2 Å². The van der Waals surface area contributed by atoms with Crippen LogP contribution >= 0.6 is 23.2 Å². The van der Waals surface area contributed by atoms with Gasteiger partial charge in [0.1, 0.15) is 6.04 Å². The lowest BCUT2D eigenvalue weighted by Gasteiger charge is -2.23. The molecule has 0 aromatic heterocycles. The molecule has 2 unspecified atom stereocenters. The number of hydrogen-bond acceptors (Lipinski definition) is 3. The number of carbonyl (C=O) groups excluding carboxylic acids is 2. The zero-order valence-electron chi connectivity index (χ0n) is 17.3. The summed E-state index contributed by atoms with van der Waals surface area (Å²) in [5.41, 5.74) is 0.810. The fraction of sp³-hybridized carbons (Fsp3) is 0.364. The molecule has 0 spiro atoms. The smallest absolute Gasteiger partial charge is 0.253 e. The summed E-state index contributed by atoms with van der Waals surface area (Å²) in [6.07, 6.45) is 0.423. The molecule has 0 heterocycles. The van der Waals surface area contributed by atoms with Gasteiger partial charge in [0.05, 0.1) is 23.7 Å². The summed E-state index contributed by atoms with van der Waals surface area (Å²) < 4.78 is 18.9. The fourth-order valence-electron chi connectivity index (χ4n) is 2.96. The summed E-state index contributed by atoms with van der Waals surface area (Å²) in [6.45, 7) is 5.64. The molecule has 2 N–H and O–H groups in total. The van der Waals surface area contributed by atoms with Crippen LogP contribution in [0.4, 0.5) is 4.39 Å². The average molecular weight is 455 g/mol. The van der Waals surface area contributed by atoms with E-state index >= 15 is 0 Å². The van der Waals surface area contributed by atoms with Gasteiger partial charge in [-0.15, -0.1) is 0 Å². The zero-order valence-corrected chi connectivity index (χ0v) is 18.8. The summed E-state index contributed by atoms with van der Waals surface area (Å²) in [4.78, 5) is 25.5. The fourth-order valence-corrected chi connectivity index (χ4v) is 3.46. The van der Waals surface area contributed by atoms with Gasteiger partial charge in [-0.2, -0.15) is 0 Å². The maximum absolute atomic E-state index is 14.0. The Labute approximate surface area is 185 Å². The van der Waals surface area contributed by atoms with Crippen LogP contribution in [0.25, 0.3) is 0 Å². The van der Waals surface area contributed by atoms with Crippen LogP contribution in [-0.4, -0.2) is 25.0 Å². The highest BCUT2D eigenvalue weighted by molar-refractivity contribution is 6.36. The van der Waals surface area contributed by atoms with Crippen LogP contribution in [0, 0.1) is 11.7 Å². The standard InChI is InChI=1S/C22H25Cl2FN2O3/c1-12(2)9-19(27-21(28)16-7-6-15(23)11-17(16)24)22(29)26-13(3)14-5-8-20(30-4)18(25)10-14/h5-8,10-13,19H,9H2,1-4H3,(H,26,29)(H,27,28). The molecule has 5 nitrogen and oxygen atoms in total. The third-order valence-electron chi connectivity index (χ3n) is 4.54. The van der Waals surface area contributed by atoms with Gasteiger partial charge < -0.3 is 15.4 Å². The van der Waals surface area contributed by atoms with Crippen LogP contribution in [0.3, 0.4) is 0 Å². The van der Waals surface area contributed by atoms with Gasteiger partial charge >= 0.3 is 0 Å². The van der Waals surface area contributed by atoms with Crippen LogP contribution in [-0.2, 0) is 4.79 Å². The van der Waals surface area contributed by atoms with Crippen molar-refractivity contribution < 1.29 is 18.7 Å². The molecule has 2 rings (SSSR count). The van der Waals surface area contributed by atoms with Crippen LogP contribution in [0.5, 0.6) is 5.75 Å². The van der Waals surface area contributed by atoms with Gasteiger partial charge in [0.15, 0.2) is 11.6 Å². The van der Waals surface area contributed by atoms with Crippen molar-refractivity contribution in [1.82, 2.24) is 10.6 Å². The Morgan fingerprint density at radius 3 is 2.33 bits per heavy atom. The van der Waals surface area contributed by atoms with Crippen LogP contribution in [0.15, 0.2) is 36.4 Å². The molecule has 0 fully saturated rings. The Kier molecular flexibility index (Phi) is 8.50. The number of nitrogens with one attached hydrogen (secondary N) is 2. The van der Waals surface area contributed by atoms with E-state index in [1.807, 2.05) is 13.8 Å². The highest BCUT2D eigenvalue weighted by Gasteiger charge is 2.25. The molecule has 2 aromatic rings. The molecule has 0 bridgehead atoms. The lowest BCUT2D eigenvalue weighted by atomic mass is 10.0. The molecule has 8 heteroatoms. The van der Waals surface area contributed by atoms with Crippen molar-refractivity contribution in [3.8, 4) is 5.75 Å². The van der Waals surface area contributed by atoms with Crippen molar-refractivity contribution in [2.45, 2.75) is 39.3 Å². The minimum absolute atomic E-state index is 0.127. The first-order valence-corrected chi connectivity index (χ1v) is 10.3. The van der Waals surface area contributed by atoms with Gasteiger partial charge in [0.25, 0.3) is 5.91 Å². The lowest BCUT2D eigenvalue weighted by molar-refractivity contribution is -0.124. The van der Waals surface area contributed by atoms with Gasteiger partial charge in [0.2, 0.25) is 5.91 Å². The van der Waals surface area contributed by atoms with Gasteiger partial charge in [-0.25, -0.2) is 4.39 Å². The summed E-state index contributed by atoms with van der Waals surface area (Å²) in [7, 11) is 1.38. The first kappa shape index (κ1) is 24.0. The third-order valence-corrected chi connectivity index (χ3v) is 5.09. The second-order valence-electron chi connectivity index (χ2n) is 7.40. The Hall–Kier alpha value is -2.31. The topological polar surface area (TPSA) is 67.4 Å². The van der Waals surface area contributed by atoms with E-state index in [1.54, 1.807) is 19.1 Å². The van der Waals surface area contributed by atoms with Crippen molar-refractivity contribution in [3.63, 3.8) is 0 Å². The van der Waals surface area contributed by atoms with Gasteiger partial charge in [0, 0.05) is 5.02 Å². The molecule has 0 aliphatic rings. The first-order chi connectivity index (χ1) is 14.1. The van der Waals surface area contributed by atoms with E-state index in [1.165, 1.54) is 31.4 Å². The molecule has 30 heavy (non-hydrogen) atoms. The predicted molar refractivity (Wildman–Crippen MR) is 117 cm³/mol. The molecule has 0 radical (unpaired) electrons. The maximum Gasteiger partial charge on any atom is 0.253 e. The highest BCUT2D eigenvalue weighted by atomic mass is 35.5. The van der Waals surface area contributed by atoms with E-state index in [9.17, 15) is 14.0 Å². The molecule has 0 aliphatic heterocycles. The minimum Gasteiger partial charge on any atom is -0.494 e. The van der Waals surface area contributed by atoms with E-state index in [2.05, 4.69) is 10.6 Å². The van der Waals surface area contributed by atoms with E-state index in [4.69, 9.17) is 27.9 Å². The minimum atomic E-state index is -0.783. The summed E-state index contributed by atoms with van der Waals surface area (Å²) >= 11 is 12.0. The molecule has 162 valence electrons. The van der Waals surface area contributed by atoms with Crippen molar-refractivity contribution >= 4 is 35.0 Å². The van der Waals surface area contributed by atoms with Crippen LogP contribution in [0.2, 0.25) is 10.0 Å².